The van der Waals surface area contributed by atoms with E-state index in [4.69, 9.17) is 11.6 Å². The van der Waals surface area contributed by atoms with E-state index in [0.29, 0.717) is 5.56 Å². The number of hydrogen-bond acceptors (Lipinski definition) is 5. The Kier molecular flexibility index (Phi) is 5.23. The van der Waals surface area contributed by atoms with Crippen LogP contribution in [-0.4, -0.2) is 15.8 Å². The van der Waals surface area contributed by atoms with Crippen LogP contribution in [0.1, 0.15) is 5.56 Å². The lowest BCUT2D eigenvalue weighted by atomic mass is 10.2. The number of anilines is 1. The van der Waals surface area contributed by atoms with E-state index in [1.807, 2.05) is 0 Å². The molecule has 0 heterocycles. The second kappa shape index (κ2) is 7.34. The molecule has 0 saturated carbocycles. The third kappa shape index (κ3) is 4.37. The maximum Gasteiger partial charge on any atom is 0.271 e. The fourth-order valence-corrected chi connectivity index (χ4v) is 1.98. The van der Waals surface area contributed by atoms with Gasteiger partial charge in [0.1, 0.15) is 0 Å². The summed E-state index contributed by atoms with van der Waals surface area (Å²) >= 11 is 5.88. The first kappa shape index (κ1) is 17.1. The van der Waals surface area contributed by atoms with Crippen molar-refractivity contribution < 1.29 is 14.6 Å². The minimum Gasteiger partial charge on any atom is -0.321 e. The zero-order valence-electron chi connectivity index (χ0n) is 12.0. The Balaban J connectivity index is 2.13. The van der Waals surface area contributed by atoms with Gasteiger partial charge in [0.2, 0.25) is 5.91 Å². The molecule has 0 aliphatic rings. The standard InChI is InChI=1S/C15H10ClN3O5/c16-13-6-5-12(19(23)24)9-14(13)17-15(20)7-4-10-2-1-3-11(8-10)18(21)22/h1-9H,(H,17,20). The molecule has 0 aliphatic heterocycles. The van der Waals surface area contributed by atoms with Gasteiger partial charge < -0.3 is 5.32 Å². The lowest BCUT2D eigenvalue weighted by Crippen LogP contribution is -2.08. The van der Waals surface area contributed by atoms with E-state index < -0.39 is 15.8 Å². The number of non-ortho nitro benzene ring substituents is 2. The summed E-state index contributed by atoms with van der Waals surface area (Å²) < 4.78 is 0. The predicted molar refractivity (Wildman–Crippen MR) is 88.9 cm³/mol. The third-order valence-corrected chi connectivity index (χ3v) is 3.26. The Labute approximate surface area is 140 Å². The predicted octanol–water partition coefficient (Wildman–Crippen LogP) is 3.81. The van der Waals surface area contributed by atoms with Crippen molar-refractivity contribution in [2.45, 2.75) is 0 Å². The van der Waals surface area contributed by atoms with Crippen molar-refractivity contribution in [3.05, 3.63) is 79.4 Å². The first-order valence-corrected chi connectivity index (χ1v) is 6.92. The molecule has 0 bridgehead atoms. The van der Waals surface area contributed by atoms with Crippen molar-refractivity contribution >= 4 is 40.6 Å². The molecular formula is C15H10ClN3O5. The van der Waals surface area contributed by atoms with Crippen molar-refractivity contribution in [2.24, 2.45) is 0 Å². The van der Waals surface area contributed by atoms with Gasteiger partial charge in [-0.15, -0.1) is 0 Å². The lowest BCUT2D eigenvalue weighted by molar-refractivity contribution is -0.385. The van der Waals surface area contributed by atoms with Gasteiger partial charge in [-0.05, 0) is 17.7 Å². The van der Waals surface area contributed by atoms with Crippen molar-refractivity contribution in [3.8, 4) is 0 Å². The van der Waals surface area contributed by atoms with E-state index in [1.165, 1.54) is 36.4 Å². The maximum atomic E-state index is 11.9. The zero-order valence-corrected chi connectivity index (χ0v) is 12.8. The summed E-state index contributed by atoms with van der Waals surface area (Å²) in [5, 5.41) is 24.0. The molecule has 0 radical (unpaired) electrons. The number of rotatable bonds is 5. The monoisotopic (exact) mass is 347 g/mol. The van der Waals surface area contributed by atoms with Gasteiger partial charge in [0.05, 0.1) is 20.6 Å². The number of carbonyl (C=O) groups is 1. The van der Waals surface area contributed by atoms with E-state index in [1.54, 1.807) is 6.07 Å². The van der Waals surface area contributed by atoms with Gasteiger partial charge in [-0.3, -0.25) is 25.0 Å². The normalized spacial score (nSPS) is 10.5. The van der Waals surface area contributed by atoms with Crippen molar-refractivity contribution in [3.63, 3.8) is 0 Å². The number of nitrogens with one attached hydrogen (secondary N) is 1. The third-order valence-electron chi connectivity index (χ3n) is 2.93. The summed E-state index contributed by atoms with van der Waals surface area (Å²) in [6.45, 7) is 0. The van der Waals surface area contributed by atoms with Crippen molar-refractivity contribution in [1.82, 2.24) is 0 Å². The minimum absolute atomic E-state index is 0.0968. The van der Waals surface area contributed by atoms with Crippen LogP contribution in [0.5, 0.6) is 0 Å². The topological polar surface area (TPSA) is 115 Å². The van der Waals surface area contributed by atoms with Crippen LogP contribution in [0.3, 0.4) is 0 Å². The van der Waals surface area contributed by atoms with Crippen LogP contribution in [0.4, 0.5) is 17.1 Å². The maximum absolute atomic E-state index is 11.9. The number of nitro groups is 2. The van der Waals surface area contributed by atoms with Gasteiger partial charge in [0.25, 0.3) is 11.4 Å². The van der Waals surface area contributed by atoms with E-state index in [9.17, 15) is 25.0 Å². The van der Waals surface area contributed by atoms with Crippen LogP contribution in [-0.2, 0) is 4.79 Å². The van der Waals surface area contributed by atoms with Crippen LogP contribution in [0.2, 0.25) is 5.02 Å². The average Bonchev–Trinajstić information content (AvgIpc) is 2.55. The minimum atomic E-state index is -0.606. The van der Waals surface area contributed by atoms with E-state index in [0.717, 1.165) is 12.1 Å². The fraction of sp³-hybridized carbons (Fsp3) is 0. The number of nitro benzene ring substituents is 2. The number of halogens is 1. The Hall–Kier alpha value is -3.26. The second-order valence-corrected chi connectivity index (χ2v) is 5.00. The highest BCUT2D eigenvalue weighted by atomic mass is 35.5. The van der Waals surface area contributed by atoms with Crippen LogP contribution in [0.25, 0.3) is 6.08 Å². The Morgan fingerprint density at radius 3 is 2.38 bits per heavy atom. The highest BCUT2D eigenvalue weighted by molar-refractivity contribution is 6.34. The summed E-state index contributed by atoms with van der Waals surface area (Å²) in [6.07, 6.45) is 2.53. The smallest absolute Gasteiger partial charge is 0.271 e. The molecule has 0 aromatic heterocycles. The number of nitrogens with zero attached hydrogens (tertiary/aromatic N) is 2. The molecule has 2 aromatic carbocycles. The van der Waals surface area contributed by atoms with Crippen molar-refractivity contribution in [1.29, 1.82) is 0 Å². The van der Waals surface area contributed by atoms with Gasteiger partial charge in [-0.1, -0.05) is 23.7 Å². The average molecular weight is 348 g/mol. The largest absolute Gasteiger partial charge is 0.321 e. The molecule has 24 heavy (non-hydrogen) atoms. The summed E-state index contributed by atoms with van der Waals surface area (Å²) in [5.41, 5.74) is 0.251. The Bertz CT molecular complexity index is 851. The number of benzene rings is 2. The van der Waals surface area contributed by atoms with Crippen molar-refractivity contribution in [2.75, 3.05) is 5.32 Å². The summed E-state index contributed by atoms with van der Waals surface area (Å²) in [7, 11) is 0. The molecular weight excluding hydrogens is 338 g/mol. The Morgan fingerprint density at radius 2 is 1.71 bits per heavy atom. The SMILES string of the molecule is O=C(C=Cc1cccc([N+](=O)[O-])c1)Nc1cc([N+](=O)[O-])ccc1Cl. The van der Waals surface area contributed by atoms with Gasteiger partial charge in [0.15, 0.2) is 0 Å². The van der Waals surface area contributed by atoms with E-state index in [-0.39, 0.29) is 22.1 Å². The number of amides is 1. The van der Waals surface area contributed by atoms with E-state index in [2.05, 4.69) is 5.32 Å². The quantitative estimate of drug-likeness (QED) is 0.501. The van der Waals surface area contributed by atoms with Crippen LogP contribution >= 0.6 is 11.6 Å². The molecule has 0 aliphatic carbocycles. The number of hydrogen-bond donors (Lipinski definition) is 1. The van der Waals surface area contributed by atoms with E-state index >= 15 is 0 Å². The first-order chi connectivity index (χ1) is 11.4. The highest BCUT2D eigenvalue weighted by Crippen LogP contribution is 2.26. The molecule has 0 unspecified atom stereocenters. The first-order valence-electron chi connectivity index (χ1n) is 6.54. The fourth-order valence-electron chi connectivity index (χ4n) is 1.81. The number of carbonyl (C=O) groups excluding carboxylic acids is 1. The summed E-state index contributed by atoms with van der Waals surface area (Å²) in [4.78, 5) is 32.1. The van der Waals surface area contributed by atoms with Crippen LogP contribution in [0, 0.1) is 20.2 Å². The van der Waals surface area contributed by atoms with Crippen LogP contribution in [0.15, 0.2) is 48.5 Å². The second-order valence-electron chi connectivity index (χ2n) is 4.60. The molecule has 0 atom stereocenters. The molecule has 1 N–H and O–H groups in total. The van der Waals surface area contributed by atoms with Gasteiger partial charge in [-0.25, -0.2) is 0 Å². The molecule has 2 rings (SSSR count). The molecule has 1 amide bonds. The molecule has 2 aromatic rings. The Morgan fingerprint density at radius 1 is 1.04 bits per heavy atom. The molecule has 0 spiro atoms. The molecule has 122 valence electrons. The summed E-state index contributed by atoms with van der Waals surface area (Å²) in [5.74, 6) is -0.580. The lowest BCUT2D eigenvalue weighted by Gasteiger charge is -2.04. The van der Waals surface area contributed by atoms with Gasteiger partial charge in [-0.2, -0.15) is 0 Å². The molecule has 8 nitrogen and oxygen atoms in total. The molecule has 0 saturated heterocycles. The van der Waals surface area contributed by atoms with Gasteiger partial charge in [0, 0.05) is 30.3 Å². The molecule has 0 fully saturated rings. The van der Waals surface area contributed by atoms with Crippen LogP contribution < -0.4 is 5.32 Å². The summed E-state index contributed by atoms with van der Waals surface area (Å²) in [6, 6.07) is 9.40. The highest BCUT2D eigenvalue weighted by Gasteiger charge is 2.11. The zero-order chi connectivity index (χ0) is 17.7. The molecule has 9 heteroatoms. The van der Waals surface area contributed by atoms with Gasteiger partial charge >= 0.3 is 0 Å².